The summed E-state index contributed by atoms with van der Waals surface area (Å²) in [6.07, 6.45) is 0. The fourth-order valence-electron chi connectivity index (χ4n) is 0.839. The molecule has 72 valence electrons. The molecular formula is C7H4F3I2N. The maximum atomic E-state index is 13.1. The second kappa shape index (κ2) is 4.20. The summed E-state index contributed by atoms with van der Waals surface area (Å²) >= 11 is 3.36. The monoisotopic (exact) mass is 413 g/mol. The molecule has 0 heterocycles. The van der Waals surface area contributed by atoms with Gasteiger partial charge in [-0.15, -0.1) is 0 Å². The van der Waals surface area contributed by atoms with Crippen LogP contribution in [0.3, 0.4) is 0 Å². The third-order valence-electron chi connectivity index (χ3n) is 1.40. The zero-order valence-electron chi connectivity index (χ0n) is 6.41. The van der Waals surface area contributed by atoms with Crippen molar-refractivity contribution in [1.29, 1.82) is 0 Å². The highest BCUT2D eigenvalue weighted by Crippen LogP contribution is 2.30. The zero-order chi connectivity index (χ0) is 10.2. The molecule has 0 amide bonds. The molecule has 1 rings (SSSR count). The molecule has 0 radical (unpaired) electrons. The Kier molecular flexibility index (Phi) is 3.66. The second-order valence-corrected chi connectivity index (χ2v) is 4.82. The summed E-state index contributed by atoms with van der Waals surface area (Å²) in [5.41, 5.74) is 0.0556. The van der Waals surface area contributed by atoms with Crippen LogP contribution in [0.5, 0.6) is 0 Å². The van der Waals surface area contributed by atoms with Crippen molar-refractivity contribution in [1.82, 2.24) is 0 Å². The Morgan fingerprint density at radius 2 is 1.77 bits per heavy atom. The highest BCUT2D eigenvalue weighted by Gasteiger charge is 2.18. The summed E-state index contributed by atoms with van der Waals surface area (Å²) in [5.74, 6) is -2.94. The first-order valence-corrected chi connectivity index (χ1v) is 5.22. The van der Waals surface area contributed by atoms with Gasteiger partial charge in [-0.3, -0.25) is 0 Å². The van der Waals surface area contributed by atoms with E-state index in [-0.39, 0.29) is 9.26 Å². The zero-order valence-corrected chi connectivity index (χ0v) is 10.7. The molecule has 0 aromatic heterocycles. The molecule has 0 fully saturated rings. The lowest BCUT2D eigenvalue weighted by atomic mass is 10.3. The Bertz CT molecular complexity index is 341. The van der Waals surface area contributed by atoms with E-state index in [4.69, 9.17) is 0 Å². The van der Waals surface area contributed by atoms with Crippen molar-refractivity contribution >= 4 is 51.1 Å². The number of nitrogens with zero attached hydrogens (tertiary/aromatic N) is 1. The minimum absolute atomic E-state index is 0.0491. The number of hydrogen-bond donors (Lipinski definition) is 0. The van der Waals surface area contributed by atoms with Crippen molar-refractivity contribution in [2.75, 3.05) is 10.2 Å². The number of benzene rings is 1. The molecule has 0 saturated carbocycles. The van der Waals surface area contributed by atoms with Crippen LogP contribution in [0, 0.1) is 21.0 Å². The van der Waals surface area contributed by atoms with E-state index >= 15 is 0 Å². The Hall–Kier alpha value is 0.270. The predicted molar refractivity (Wildman–Crippen MR) is 61.5 cm³/mol. The molecule has 0 unspecified atom stereocenters. The van der Waals surface area contributed by atoms with E-state index in [1.807, 2.05) is 0 Å². The van der Waals surface area contributed by atoms with Crippen LogP contribution in [0.15, 0.2) is 6.07 Å². The normalized spacial score (nSPS) is 10.3. The van der Waals surface area contributed by atoms with Crippen LogP contribution in [0.25, 0.3) is 0 Å². The maximum Gasteiger partial charge on any atom is 0.174 e. The van der Waals surface area contributed by atoms with Gasteiger partial charge < -0.3 is 3.11 Å². The summed E-state index contributed by atoms with van der Waals surface area (Å²) in [6.45, 7) is 0. The largest absolute Gasteiger partial charge is 0.314 e. The Morgan fingerprint density at radius 1 is 1.23 bits per heavy atom. The summed E-state index contributed by atoms with van der Waals surface area (Å²) in [5, 5.41) is 0. The van der Waals surface area contributed by atoms with Crippen molar-refractivity contribution in [3.63, 3.8) is 0 Å². The molecule has 1 aromatic rings. The minimum atomic E-state index is -1.16. The van der Waals surface area contributed by atoms with Gasteiger partial charge in [0.15, 0.2) is 17.5 Å². The van der Waals surface area contributed by atoms with Gasteiger partial charge in [-0.2, -0.15) is 0 Å². The molecule has 0 N–H and O–H groups in total. The van der Waals surface area contributed by atoms with E-state index in [1.54, 1.807) is 52.5 Å². The van der Waals surface area contributed by atoms with Gasteiger partial charge >= 0.3 is 0 Å². The molecule has 1 nitrogen and oxygen atoms in total. The minimum Gasteiger partial charge on any atom is -0.314 e. The van der Waals surface area contributed by atoms with Crippen LogP contribution in [-0.4, -0.2) is 7.05 Å². The Balaban J connectivity index is 3.44. The molecule has 0 aliphatic carbocycles. The molecule has 0 bridgehead atoms. The average molecular weight is 413 g/mol. The quantitative estimate of drug-likeness (QED) is 0.295. The second-order valence-electron chi connectivity index (χ2n) is 2.29. The number of hydrogen-bond acceptors (Lipinski definition) is 1. The van der Waals surface area contributed by atoms with Crippen LogP contribution < -0.4 is 3.11 Å². The molecule has 0 aliphatic heterocycles. The fourth-order valence-corrected chi connectivity index (χ4v) is 2.65. The first-order chi connectivity index (χ1) is 5.95. The lowest BCUT2D eigenvalue weighted by Gasteiger charge is -2.13. The van der Waals surface area contributed by atoms with E-state index < -0.39 is 17.5 Å². The third-order valence-corrected chi connectivity index (χ3v) is 2.86. The van der Waals surface area contributed by atoms with Crippen LogP contribution >= 0.6 is 45.5 Å². The first kappa shape index (κ1) is 11.3. The summed E-state index contributed by atoms with van der Waals surface area (Å²) in [4.78, 5) is 0. The van der Waals surface area contributed by atoms with Crippen LogP contribution in [0.4, 0.5) is 18.9 Å². The van der Waals surface area contributed by atoms with Gasteiger partial charge in [-0.05, 0) is 22.6 Å². The Morgan fingerprint density at radius 3 is 2.23 bits per heavy atom. The smallest absolute Gasteiger partial charge is 0.174 e. The van der Waals surface area contributed by atoms with Crippen LogP contribution in [-0.2, 0) is 0 Å². The molecule has 0 atom stereocenters. The lowest BCUT2D eigenvalue weighted by molar-refractivity contribution is 0.491. The summed E-state index contributed by atoms with van der Waals surface area (Å²) in [7, 11) is 1.55. The molecule has 1 aromatic carbocycles. The van der Waals surface area contributed by atoms with Gasteiger partial charge in [0.1, 0.15) is 0 Å². The number of rotatable bonds is 1. The van der Waals surface area contributed by atoms with E-state index in [2.05, 4.69) is 0 Å². The molecule has 0 saturated heterocycles. The van der Waals surface area contributed by atoms with E-state index in [9.17, 15) is 13.2 Å². The van der Waals surface area contributed by atoms with Gasteiger partial charge in [0.2, 0.25) is 0 Å². The standard InChI is InChI=1S/C7H4F3I2N/c1-13(12)7-4(9)2-3(8)5(10)6(7)11/h2H,1H3. The summed E-state index contributed by atoms with van der Waals surface area (Å²) < 4.78 is 40.0. The fraction of sp³-hybridized carbons (Fsp3) is 0.143. The van der Waals surface area contributed by atoms with Crippen molar-refractivity contribution < 1.29 is 13.2 Å². The van der Waals surface area contributed by atoms with Crippen LogP contribution in [0.2, 0.25) is 0 Å². The van der Waals surface area contributed by atoms with Gasteiger partial charge in [-0.1, -0.05) is 0 Å². The van der Waals surface area contributed by atoms with Crippen molar-refractivity contribution in [2.24, 2.45) is 0 Å². The molecule has 0 aliphatic rings. The third kappa shape index (κ3) is 2.20. The SMILES string of the molecule is CN(I)c1c(F)cc(F)c(F)c1I. The van der Waals surface area contributed by atoms with Gasteiger partial charge in [0.05, 0.1) is 32.1 Å². The highest BCUT2D eigenvalue weighted by atomic mass is 127. The van der Waals surface area contributed by atoms with E-state index in [0.717, 1.165) is 0 Å². The van der Waals surface area contributed by atoms with Crippen molar-refractivity contribution in [3.8, 4) is 0 Å². The molecule has 0 spiro atoms. The van der Waals surface area contributed by atoms with Crippen LogP contribution in [0.1, 0.15) is 0 Å². The lowest BCUT2D eigenvalue weighted by Crippen LogP contribution is -2.07. The topological polar surface area (TPSA) is 3.24 Å². The Labute approximate surface area is 101 Å². The first-order valence-electron chi connectivity index (χ1n) is 3.17. The predicted octanol–water partition coefficient (Wildman–Crippen LogP) is 3.49. The van der Waals surface area contributed by atoms with Gasteiger partial charge in [0.25, 0.3) is 0 Å². The van der Waals surface area contributed by atoms with Gasteiger partial charge in [0, 0.05) is 13.1 Å². The van der Waals surface area contributed by atoms with Crippen molar-refractivity contribution in [3.05, 3.63) is 27.1 Å². The number of anilines is 1. The highest BCUT2D eigenvalue weighted by molar-refractivity contribution is 14.1. The molecule has 13 heavy (non-hydrogen) atoms. The van der Waals surface area contributed by atoms with E-state index in [0.29, 0.717) is 6.07 Å². The number of halogens is 5. The summed E-state index contributed by atoms with van der Waals surface area (Å²) in [6, 6.07) is 0.544. The molecular weight excluding hydrogens is 409 g/mol. The van der Waals surface area contributed by atoms with Crippen molar-refractivity contribution in [2.45, 2.75) is 0 Å². The molecule has 6 heteroatoms. The van der Waals surface area contributed by atoms with Gasteiger partial charge in [-0.25, -0.2) is 13.2 Å². The maximum absolute atomic E-state index is 13.1. The average Bonchev–Trinajstić information content (AvgIpc) is 1.99. The van der Waals surface area contributed by atoms with E-state index in [1.165, 1.54) is 3.11 Å².